The van der Waals surface area contributed by atoms with Crippen molar-refractivity contribution < 1.29 is 4.42 Å². The van der Waals surface area contributed by atoms with E-state index in [1.807, 2.05) is 42.6 Å². The minimum atomic E-state index is 0.704. The van der Waals surface area contributed by atoms with Crippen LogP contribution in [-0.4, -0.2) is 33.7 Å². The van der Waals surface area contributed by atoms with Crippen molar-refractivity contribution in [1.29, 1.82) is 0 Å². The molecule has 0 aliphatic carbocycles. The Bertz CT molecular complexity index is 1060. The van der Waals surface area contributed by atoms with Gasteiger partial charge in [0, 0.05) is 43.4 Å². The maximum absolute atomic E-state index is 6.29. The van der Waals surface area contributed by atoms with Gasteiger partial charge in [0.05, 0.1) is 23.0 Å². The molecule has 4 heterocycles. The lowest BCUT2D eigenvalue weighted by Crippen LogP contribution is -2.31. The van der Waals surface area contributed by atoms with E-state index in [1.54, 1.807) is 0 Å². The Morgan fingerprint density at radius 2 is 2.00 bits per heavy atom. The van der Waals surface area contributed by atoms with Crippen LogP contribution in [0.5, 0.6) is 0 Å². The molecule has 2 aromatic heterocycles. The van der Waals surface area contributed by atoms with E-state index in [0.717, 1.165) is 73.3 Å². The van der Waals surface area contributed by atoms with Crippen LogP contribution in [0.15, 0.2) is 52.0 Å². The number of nitrogens with zero attached hydrogens (tertiary/aromatic N) is 4. The van der Waals surface area contributed by atoms with E-state index in [-0.39, 0.29) is 0 Å². The molecule has 0 N–H and O–H groups in total. The van der Waals surface area contributed by atoms with Gasteiger partial charge in [-0.2, -0.15) is 0 Å². The zero-order chi connectivity index (χ0) is 19.6. The van der Waals surface area contributed by atoms with Crippen molar-refractivity contribution in [2.75, 3.05) is 13.1 Å². The molecule has 0 saturated carbocycles. The highest BCUT2D eigenvalue weighted by atomic mass is 35.5. The van der Waals surface area contributed by atoms with E-state index in [9.17, 15) is 0 Å². The molecule has 0 fully saturated rings. The molecule has 0 saturated heterocycles. The zero-order valence-corrected chi connectivity index (χ0v) is 17.0. The second-order valence-electron chi connectivity index (χ2n) is 7.66. The molecule has 0 radical (unpaired) electrons. The maximum atomic E-state index is 6.29. The minimum Gasteiger partial charge on any atom is -0.460 e. The minimum absolute atomic E-state index is 0.704. The Hall–Kier alpha value is -2.50. The Morgan fingerprint density at radius 3 is 2.86 bits per heavy atom. The summed E-state index contributed by atoms with van der Waals surface area (Å²) >= 11 is 6.29. The van der Waals surface area contributed by atoms with Gasteiger partial charge in [0.15, 0.2) is 5.82 Å². The molecule has 2 aliphatic heterocycles. The predicted octanol–water partition coefficient (Wildman–Crippen LogP) is 4.92. The van der Waals surface area contributed by atoms with Crippen LogP contribution in [0.25, 0.3) is 11.3 Å². The molecule has 148 valence electrons. The Kier molecular flexibility index (Phi) is 5.17. The zero-order valence-electron chi connectivity index (χ0n) is 16.3. The summed E-state index contributed by atoms with van der Waals surface area (Å²) in [6.07, 6.45) is 6.27. The lowest BCUT2D eigenvalue weighted by Gasteiger charge is -2.27. The molecule has 0 unspecified atom stereocenters. The number of hydrogen-bond acceptors (Lipinski definition) is 5. The Labute approximate surface area is 175 Å². The molecule has 0 atom stereocenters. The molecule has 1 aromatic carbocycles. The first-order valence-corrected chi connectivity index (χ1v) is 10.6. The second kappa shape index (κ2) is 8.09. The van der Waals surface area contributed by atoms with Crippen LogP contribution in [0, 0.1) is 0 Å². The Balaban J connectivity index is 1.28. The van der Waals surface area contributed by atoms with Crippen LogP contribution in [0.2, 0.25) is 5.02 Å². The van der Waals surface area contributed by atoms with Gasteiger partial charge in [-0.25, -0.2) is 9.97 Å². The SMILES string of the molecule is Clc1ccccc1-c1ccc(CN2CCc3nc(C4=NCCCC4)ncc3C2)o1. The van der Waals surface area contributed by atoms with E-state index in [2.05, 4.69) is 14.9 Å². The fourth-order valence-electron chi connectivity index (χ4n) is 4.02. The molecule has 29 heavy (non-hydrogen) atoms. The van der Waals surface area contributed by atoms with Crippen molar-refractivity contribution in [3.05, 3.63) is 70.5 Å². The van der Waals surface area contributed by atoms with Crippen molar-refractivity contribution in [2.24, 2.45) is 4.99 Å². The molecule has 5 rings (SSSR count). The highest BCUT2D eigenvalue weighted by Crippen LogP contribution is 2.30. The van der Waals surface area contributed by atoms with Crippen molar-refractivity contribution >= 4 is 17.3 Å². The summed E-state index contributed by atoms with van der Waals surface area (Å²) < 4.78 is 6.07. The molecule has 0 bridgehead atoms. The summed E-state index contributed by atoms with van der Waals surface area (Å²) in [7, 11) is 0. The van der Waals surface area contributed by atoms with Crippen molar-refractivity contribution in [2.45, 2.75) is 38.8 Å². The van der Waals surface area contributed by atoms with Crippen molar-refractivity contribution in [3.63, 3.8) is 0 Å². The highest BCUT2D eigenvalue weighted by molar-refractivity contribution is 6.33. The fraction of sp³-hybridized carbons (Fsp3) is 0.348. The van der Waals surface area contributed by atoms with E-state index in [1.165, 1.54) is 18.4 Å². The molecule has 3 aromatic rings. The number of aromatic nitrogens is 2. The Morgan fingerprint density at radius 1 is 1.07 bits per heavy atom. The predicted molar refractivity (Wildman–Crippen MR) is 114 cm³/mol. The van der Waals surface area contributed by atoms with Gasteiger partial charge in [-0.05, 0) is 43.5 Å². The number of hydrogen-bond donors (Lipinski definition) is 0. The summed E-state index contributed by atoms with van der Waals surface area (Å²) in [5.74, 6) is 2.58. The van der Waals surface area contributed by atoms with Crippen LogP contribution in [0.1, 0.15) is 42.1 Å². The summed E-state index contributed by atoms with van der Waals surface area (Å²) in [4.78, 5) is 16.4. The summed E-state index contributed by atoms with van der Waals surface area (Å²) in [6, 6.07) is 11.8. The average Bonchev–Trinajstić information content (AvgIpc) is 3.22. The van der Waals surface area contributed by atoms with E-state index in [4.69, 9.17) is 21.0 Å². The van der Waals surface area contributed by atoms with Crippen LogP contribution in [-0.2, 0) is 19.5 Å². The number of aliphatic imine (C=N–C) groups is 1. The van der Waals surface area contributed by atoms with Crippen molar-refractivity contribution in [1.82, 2.24) is 14.9 Å². The van der Waals surface area contributed by atoms with Gasteiger partial charge in [0.2, 0.25) is 0 Å². The van der Waals surface area contributed by atoms with E-state index < -0.39 is 0 Å². The van der Waals surface area contributed by atoms with Crippen LogP contribution in [0.3, 0.4) is 0 Å². The average molecular weight is 407 g/mol. The van der Waals surface area contributed by atoms with Gasteiger partial charge in [-0.1, -0.05) is 23.7 Å². The largest absolute Gasteiger partial charge is 0.460 e. The third-order valence-corrected chi connectivity index (χ3v) is 5.91. The third-order valence-electron chi connectivity index (χ3n) is 5.58. The molecule has 5 nitrogen and oxygen atoms in total. The number of halogens is 1. The highest BCUT2D eigenvalue weighted by Gasteiger charge is 2.21. The first-order chi connectivity index (χ1) is 14.3. The van der Waals surface area contributed by atoms with Gasteiger partial charge in [-0.3, -0.25) is 9.89 Å². The lowest BCUT2D eigenvalue weighted by atomic mass is 10.1. The van der Waals surface area contributed by atoms with Crippen LogP contribution >= 0.6 is 11.6 Å². The second-order valence-corrected chi connectivity index (χ2v) is 8.06. The van der Waals surface area contributed by atoms with Gasteiger partial charge in [0.25, 0.3) is 0 Å². The van der Waals surface area contributed by atoms with E-state index in [0.29, 0.717) is 5.02 Å². The molecular weight excluding hydrogens is 384 g/mol. The summed E-state index contributed by atoms with van der Waals surface area (Å²) in [5, 5.41) is 0.704. The summed E-state index contributed by atoms with van der Waals surface area (Å²) in [6.45, 7) is 3.46. The quantitative estimate of drug-likeness (QED) is 0.617. The lowest BCUT2D eigenvalue weighted by molar-refractivity contribution is 0.224. The number of furan rings is 1. The molecule has 2 aliphatic rings. The van der Waals surface area contributed by atoms with Gasteiger partial charge < -0.3 is 4.42 Å². The molecular formula is C23H23ClN4O. The normalized spacial score (nSPS) is 17.1. The summed E-state index contributed by atoms with van der Waals surface area (Å²) in [5.41, 5.74) is 4.37. The van der Waals surface area contributed by atoms with Gasteiger partial charge >= 0.3 is 0 Å². The van der Waals surface area contributed by atoms with Crippen molar-refractivity contribution in [3.8, 4) is 11.3 Å². The number of benzene rings is 1. The topological polar surface area (TPSA) is 54.5 Å². The smallest absolute Gasteiger partial charge is 0.173 e. The van der Waals surface area contributed by atoms with Gasteiger partial charge in [-0.15, -0.1) is 0 Å². The molecule has 0 amide bonds. The van der Waals surface area contributed by atoms with Crippen LogP contribution in [0.4, 0.5) is 0 Å². The number of rotatable bonds is 4. The maximum Gasteiger partial charge on any atom is 0.173 e. The first-order valence-electron chi connectivity index (χ1n) is 10.2. The number of fused-ring (bicyclic) bond motifs is 1. The fourth-order valence-corrected chi connectivity index (χ4v) is 4.25. The third kappa shape index (κ3) is 3.98. The molecule has 0 spiro atoms. The van der Waals surface area contributed by atoms with E-state index >= 15 is 0 Å². The standard InChI is InChI=1S/C23H23ClN4O/c24-19-6-2-1-5-18(19)22-9-8-17(29-22)15-28-12-10-20-16(14-28)13-26-23(27-20)21-7-3-4-11-25-21/h1-2,5-6,8-9,13H,3-4,7,10-12,14-15H2. The van der Waals surface area contributed by atoms with Gasteiger partial charge in [0.1, 0.15) is 11.5 Å². The first kappa shape index (κ1) is 18.5. The van der Waals surface area contributed by atoms with Crippen LogP contribution < -0.4 is 0 Å². The molecule has 6 heteroatoms. The monoisotopic (exact) mass is 406 g/mol.